The topological polar surface area (TPSA) is 68.5 Å². The average molecular weight is 329 g/mol. The van der Waals surface area contributed by atoms with Crippen molar-refractivity contribution in [2.24, 2.45) is 5.92 Å². The van der Waals surface area contributed by atoms with Gasteiger partial charge in [0.2, 0.25) is 17.6 Å². The predicted octanol–water partition coefficient (Wildman–Crippen LogP) is 3.45. The molecule has 1 aromatic carbocycles. The summed E-state index contributed by atoms with van der Waals surface area (Å²) >= 11 is 0. The number of amides is 1. The van der Waals surface area contributed by atoms with Crippen molar-refractivity contribution in [1.29, 1.82) is 0 Å². The van der Waals surface area contributed by atoms with E-state index in [2.05, 4.69) is 10.1 Å². The van der Waals surface area contributed by atoms with Gasteiger partial charge in [0.25, 0.3) is 0 Å². The molecule has 24 heavy (non-hydrogen) atoms. The van der Waals surface area contributed by atoms with E-state index in [4.69, 9.17) is 9.26 Å². The zero-order valence-electron chi connectivity index (χ0n) is 14.4. The van der Waals surface area contributed by atoms with E-state index in [1.807, 2.05) is 43.0 Å². The van der Waals surface area contributed by atoms with E-state index in [1.165, 1.54) is 0 Å². The van der Waals surface area contributed by atoms with Crippen LogP contribution < -0.4 is 4.74 Å². The van der Waals surface area contributed by atoms with Crippen LogP contribution in [0.25, 0.3) is 11.4 Å². The van der Waals surface area contributed by atoms with Crippen molar-refractivity contribution in [3.8, 4) is 17.1 Å². The molecule has 2 heterocycles. The fourth-order valence-electron chi connectivity index (χ4n) is 3.03. The van der Waals surface area contributed by atoms with E-state index in [0.717, 1.165) is 37.1 Å². The first-order valence-corrected chi connectivity index (χ1v) is 8.38. The van der Waals surface area contributed by atoms with Crippen LogP contribution in [0.1, 0.15) is 45.0 Å². The molecule has 1 fully saturated rings. The maximum atomic E-state index is 12.5. The van der Waals surface area contributed by atoms with Gasteiger partial charge in [-0.1, -0.05) is 31.1 Å². The largest absolute Gasteiger partial charge is 0.497 e. The first-order chi connectivity index (χ1) is 11.6. The summed E-state index contributed by atoms with van der Waals surface area (Å²) in [5, 5.41) is 4.10. The monoisotopic (exact) mass is 329 g/mol. The minimum absolute atomic E-state index is 0.0358. The van der Waals surface area contributed by atoms with Gasteiger partial charge in [0, 0.05) is 18.0 Å². The number of methoxy groups -OCH3 is 1. The first-order valence-electron chi connectivity index (χ1n) is 8.38. The Kier molecular flexibility index (Phi) is 4.83. The van der Waals surface area contributed by atoms with Crippen LogP contribution >= 0.6 is 0 Å². The Morgan fingerprint density at radius 1 is 1.38 bits per heavy atom. The third-order valence-corrected chi connectivity index (χ3v) is 4.33. The SMILES string of the molecule is COc1cccc(-c2noc([C@@H]3CCCCN3C(=O)C(C)C)n2)c1. The molecule has 2 aromatic rings. The van der Waals surface area contributed by atoms with Crippen molar-refractivity contribution >= 4 is 5.91 Å². The minimum atomic E-state index is -0.125. The molecule has 128 valence electrons. The molecule has 0 spiro atoms. The maximum absolute atomic E-state index is 12.5. The molecule has 0 unspecified atom stereocenters. The molecule has 1 saturated heterocycles. The van der Waals surface area contributed by atoms with Crippen LogP contribution in [0.5, 0.6) is 5.75 Å². The van der Waals surface area contributed by atoms with Crippen LogP contribution in [0.4, 0.5) is 0 Å². The lowest BCUT2D eigenvalue weighted by Crippen LogP contribution is -2.40. The Morgan fingerprint density at radius 2 is 2.21 bits per heavy atom. The Balaban J connectivity index is 1.86. The lowest BCUT2D eigenvalue weighted by Gasteiger charge is -2.34. The van der Waals surface area contributed by atoms with Crippen molar-refractivity contribution in [3.05, 3.63) is 30.2 Å². The van der Waals surface area contributed by atoms with E-state index >= 15 is 0 Å². The first kappa shape index (κ1) is 16.5. The van der Waals surface area contributed by atoms with Gasteiger partial charge in [-0.2, -0.15) is 4.98 Å². The van der Waals surface area contributed by atoms with E-state index in [9.17, 15) is 4.79 Å². The van der Waals surface area contributed by atoms with Crippen molar-refractivity contribution in [1.82, 2.24) is 15.0 Å². The molecule has 1 aliphatic heterocycles. The van der Waals surface area contributed by atoms with E-state index < -0.39 is 0 Å². The highest BCUT2D eigenvalue weighted by molar-refractivity contribution is 5.78. The number of hydrogen-bond acceptors (Lipinski definition) is 5. The van der Waals surface area contributed by atoms with Crippen molar-refractivity contribution in [2.45, 2.75) is 39.2 Å². The Hall–Kier alpha value is -2.37. The number of piperidine rings is 1. The molecule has 0 N–H and O–H groups in total. The molecule has 1 aliphatic rings. The Labute approximate surface area is 141 Å². The minimum Gasteiger partial charge on any atom is -0.497 e. The quantitative estimate of drug-likeness (QED) is 0.859. The van der Waals surface area contributed by atoms with E-state index in [1.54, 1.807) is 7.11 Å². The molecule has 1 amide bonds. The molecular weight excluding hydrogens is 306 g/mol. The van der Waals surface area contributed by atoms with Crippen molar-refractivity contribution < 1.29 is 14.1 Å². The zero-order chi connectivity index (χ0) is 17.1. The molecule has 0 aliphatic carbocycles. The fourth-order valence-corrected chi connectivity index (χ4v) is 3.03. The van der Waals surface area contributed by atoms with Gasteiger partial charge in [0.05, 0.1) is 7.11 Å². The third kappa shape index (κ3) is 3.27. The highest BCUT2D eigenvalue weighted by Gasteiger charge is 2.33. The van der Waals surface area contributed by atoms with Gasteiger partial charge in [-0.25, -0.2) is 0 Å². The van der Waals surface area contributed by atoms with Crippen LogP contribution in [0.3, 0.4) is 0 Å². The van der Waals surface area contributed by atoms with Gasteiger partial charge in [0.1, 0.15) is 11.8 Å². The molecular formula is C18H23N3O3. The summed E-state index contributed by atoms with van der Waals surface area (Å²) in [6, 6.07) is 7.41. The van der Waals surface area contributed by atoms with Gasteiger partial charge < -0.3 is 14.2 Å². The lowest BCUT2D eigenvalue weighted by atomic mass is 10.00. The molecule has 1 aromatic heterocycles. The molecule has 6 heteroatoms. The molecule has 0 saturated carbocycles. The summed E-state index contributed by atoms with van der Waals surface area (Å²) in [4.78, 5) is 18.9. The molecule has 0 radical (unpaired) electrons. The van der Waals surface area contributed by atoms with Gasteiger partial charge in [-0.15, -0.1) is 0 Å². The molecule has 1 atom stereocenters. The van der Waals surface area contributed by atoms with Crippen LogP contribution in [0.15, 0.2) is 28.8 Å². The summed E-state index contributed by atoms with van der Waals surface area (Å²) in [6.07, 6.45) is 2.94. The number of aromatic nitrogens is 2. The van der Waals surface area contributed by atoms with Crippen LogP contribution in [0.2, 0.25) is 0 Å². The number of benzene rings is 1. The zero-order valence-corrected chi connectivity index (χ0v) is 14.4. The van der Waals surface area contributed by atoms with Crippen molar-refractivity contribution in [3.63, 3.8) is 0 Å². The summed E-state index contributed by atoms with van der Waals surface area (Å²) in [6.45, 7) is 4.59. The summed E-state index contributed by atoms with van der Waals surface area (Å²) in [5.74, 6) is 1.88. The number of ether oxygens (including phenoxy) is 1. The number of hydrogen-bond donors (Lipinski definition) is 0. The third-order valence-electron chi connectivity index (χ3n) is 4.33. The normalized spacial score (nSPS) is 18.0. The number of rotatable bonds is 4. The number of nitrogens with zero attached hydrogens (tertiary/aromatic N) is 3. The fraction of sp³-hybridized carbons (Fsp3) is 0.500. The van der Waals surface area contributed by atoms with E-state index in [-0.39, 0.29) is 17.9 Å². The molecule has 6 nitrogen and oxygen atoms in total. The molecule has 0 bridgehead atoms. The second-order valence-electron chi connectivity index (χ2n) is 6.39. The van der Waals surface area contributed by atoms with E-state index in [0.29, 0.717) is 11.7 Å². The highest BCUT2D eigenvalue weighted by Crippen LogP contribution is 2.32. The maximum Gasteiger partial charge on any atom is 0.249 e. The van der Waals surface area contributed by atoms with Crippen molar-refractivity contribution in [2.75, 3.05) is 13.7 Å². The molecule has 3 rings (SSSR count). The second-order valence-corrected chi connectivity index (χ2v) is 6.39. The number of carbonyl (C=O) groups is 1. The average Bonchev–Trinajstić information content (AvgIpc) is 3.11. The predicted molar refractivity (Wildman–Crippen MR) is 89.4 cm³/mol. The highest BCUT2D eigenvalue weighted by atomic mass is 16.5. The second kappa shape index (κ2) is 7.03. The van der Waals surface area contributed by atoms with Crippen LogP contribution in [-0.2, 0) is 4.79 Å². The number of likely N-dealkylation sites (tertiary alicyclic amines) is 1. The summed E-state index contributed by atoms with van der Waals surface area (Å²) in [5.41, 5.74) is 0.835. The standard InChI is InChI=1S/C18H23N3O3/c1-12(2)18(22)21-10-5-4-9-15(21)17-19-16(20-24-17)13-7-6-8-14(11-13)23-3/h6-8,11-12,15H,4-5,9-10H2,1-3H3/t15-/m0/s1. The Bertz CT molecular complexity index is 711. The Morgan fingerprint density at radius 3 is 2.96 bits per heavy atom. The van der Waals surface area contributed by atoms with Gasteiger partial charge in [0.15, 0.2) is 0 Å². The van der Waals surface area contributed by atoms with Gasteiger partial charge >= 0.3 is 0 Å². The van der Waals surface area contributed by atoms with Gasteiger partial charge in [-0.3, -0.25) is 4.79 Å². The smallest absolute Gasteiger partial charge is 0.249 e. The summed E-state index contributed by atoms with van der Waals surface area (Å²) in [7, 11) is 1.62. The van der Waals surface area contributed by atoms with Crippen LogP contribution in [-0.4, -0.2) is 34.6 Å². The summed E-state index contributed by atoms with van der Waals surface area (Å²) < 4.78 is 10.7. The van der Waals surface area contributed by atoms with Crippen LogP contribution in [0, 0.1) is 5.92 Å². The number of carbonyl (C=O) groups excluding carboxylic acids is 1. The van der Waals surface area contributed by atoms with Gasteiger partial charge in [-0.05, 0) is 31.4 Å². The lowest BCUT2D eigenvalue weighted by molar-refractivity contribution is -0.139.